The van der Waals surface area contributed by atoms with Gasteiger partial charge in [0.25, 0.3) is 0 Å². The lowest BCUT2D eigenvalue weighted by Gasteiger charge is -2.27. The van der Waals surface area contributed by atoms with Crippen LogP contribution in [0.2, 0.25) is 0 Å². The molecule has 3 aromatic rings. The van der Waals surface area contributed by atoms with Crippen molar-refractivity contribution in [2.45, 2.75) is 37.8 Å². The molecule has 1 atom stereocenters. The molecule has 3 aromatic carbocycles. The van der Waals surface area contributed by atoms with Gasteiger partial charge in [0.05, 0.1) is 0 Å². The number of aromatic hydroxyl groups is 1. The number of carbonyl (C=O) groups excluding carboxylic acids is 2. The first-order valence-electron chi connectivity index (χ1n) is 11.6. The molecule has 1 aliphatic rings. The topological polar surface area (TPSA) is 125 Å². The monoisotopic (exact) mass is 488 g/mol. The summed E-state index contributed by atoms with van der Waals surface area (Å²) in [6.07, 6.45) is -0.759. The number of aliphatic carboxylic acids is 1. The largest absolute Gasteiger partial charge is 0.508 e. The van der Waals surface area contributed by atoms with Crippen LogP contribution in [0.3, 0.4) is 0 Å². The van der Waals surface area contributed by atoms with Gasteiger partial charge in [-0.3, -0.25) is 4.79 Å². The number of fused-ring (bicyclic) bond motifs is 3. The predicted octanol–water partition coefficient (Wildman–Crippen LogP) is 3.82. The molecule has 0 bridgehead atoms. The van der Waals surface area contributed by atoms with Gasteiger partial charge in [0.15, 0.2) is 0 Å². The maximum absolute atomic E-state index is 12.9. The number of phenols is 1. The highest BCUT2D eigenvalue weighted by atomic mass is 16.5. The lowest BCUT2D eigenvalue weighted by molar-refractivity contribution is -0.142. The van der Waals surface area contributed by atoms with Crippen LogP contribution in [0.1, 0.15) is 36.5 Å². The smallest absolute Gasteiger partial charge is 0.408 e. The van der Waals surface area contributed by atoms with Crippen molar-refractivity contribution in [3.05, 3.63) is 89.5 Å². The number of ether oxygens (including phenoxy) is 1. The van der Waals surface area contributed by atoms with E-state index >= 15 is 0 Å². The Kier molecular flexibility index (Phi) is 6.96. The Labute approximate surface area is 208 Å². The van der Waals surface area contributed by atoms with Gasteiger partial charge in [-0.2, -0.15) is 0 Å². The second-order valence-corrected chi connectivity index (χ2v) is 9.31. The summed E-state index contributed by atoms with van der Waals surface area (Å²) < 4.78 is 5.51. The zero-order chi connectivity index (χ0) is 25.9. The molecule has 186 valence electrons. The van der Waals surface area contributed by atoms with Gasteiger partial charge in [-0.1, -0.05) is 60.7 Å². The van der Waals surface area contributed by atoms with Crippen molar-refractivity contribution in [1.82, 2.24) is 10.6 Å². The normalized spacial score (nSPS) is 13.3. The Morgan fingerprint density at radius 1 is 0.917 bits per heavy atom. The minimum Gasteiger partial charge on any atom is -0.508 e. The number of rotatable bonds is 8. The van der Waals surface area contributed by atoms with Gasteiger partial charge in [0.1, 0.15) is 23.9 Å². The summed E-state index contributed by atoms with van der Waals surface area (Å²) in [7, 11) is 0. The molecule has 0 saturated carbocycles. The fraction of sp³-hybridized carbons (Fsp3) is 0.250. The zero-order valence-electron chi connectivity index (χ0n) is 20.0. The molecular formula is C28H28N2O6. The number of amides is 2. The SMILES string of the molecule is CC(C)(NC(=O)OCC1c2ccccc2-c2ccccc21)C(=O)N[C@@H](Cc1ccc(O)cc1)C(=O)O. The third kappa shape index (κ3) is 5.33. The molecule has 36 heavy (non-hydrogen) atoms. The van der Waals surface area contributed by atoms with Crippen LogP contribution in [0.25, 0.3) is 11.1 Å². The van der Waals surface area contributed by atoms with Crippen LogP contribution in [0, 0.1) is 0 Å². The molecule has 0 saturated heterocycles. The van der Waals surface area contributed by atoms with Crippen molar-refractivity contribution in [2.24, 2.45) is 0 Å². The fourth-order valence-electron chi connectivity index (χ4n) is 4.35. The Morgan fingerprint density at radius 2 is 1.47 bits per heavy atom. The summed E-state index contributed by atoms with van der Waals surface area (Å²) >= 11 is 0. The summed E-state index contributed by atoms with van der Waals surface area (Å²) in [5, 5.41) is 24.0. The van der Waals surface area contributed by atoms with Crippen molar-refractivity contribution in [1.29, 1.82) is 0 Å². The Hall–Kier alpha value is -4.33. The molecule has 0 radical (unpaired) electrons. The van der Waals surface area contributed by atoms with Gasteiger partial charge in [-0.05, 0) is 53.8 Å². The van der Waals surface area contributed by atoms with Gasteiger partial charge in [-0.15, -0.1) is 0 Å². The Morgan fingerprint density at radius 3 is 2.03 bits per heavy atom. The molecular weight excluding hydrogens is 460 g/mol. The van der Waals surface area contributed by atoms with Crippen molar-refractivity contribution in [3.63, 3.8) is 0 Å². The molecule has 0 spiro atoms. The molecule has 8 nitrogen and oxygen atoms in total. The van der Waals surface area contributed by atoms with E-state index in [1.165, 1.54) is 26.0 Å². The second kappa shape index (κ2) is 10.1. The first-order valence-corrected chi connectivity index (χ1v) is 11.6. The van der Waals surface area contributed by atoms with Crippen molar-refractivity contribution in [3.8, 4) is 16.9 Å². The van der Waals surface area contributed by atoms with Gasteiger partial charge < -0.3 is 25.6 Å². The van der Waals surface area contributed by atoms with Crippen LogP contribution in [0.5, 0.6) is 5.75 Å². The van der Waals surface area contributed by atoms with Crippen molar-refractivity contribution in [2.75, 3.05) is 6.61 Å². The third-order valence-corrected chi connectivity index (χ3v) is 6.31. The summed E-state index contributed by atoms with van der Waals surface area (Å²) in [4.78, 5) is 37.2. The highest BCUT2D eigenvalue weighted by Crippen LogP contribution is 2.44. The Bertz CT molecular complexity index is 1240. The molecule has 2 amide bonds. The van der Waals surface area contributed by atoms with E-state index in [1.807, 2.05) is 48.5 Å². The van der Waals surface area contributed by atoms with E-state index in [2.05, 4.69) is 10.6 Å². The zero-order valence-corrected chi connectivity index (χ0v) is 20.0. The number of benzene rings is 3. The first kappa shape index (κ1) is 24.8. The number of hydrogen-bond acceptors (Lipinski definition) is 5. The van der Waals surface area contributed by atoms with E-state index in [0.717, 1.165) is 22.3 Å². The predicted molar refractivity (Wildman–Crippen MR) is 134 cm³/mol. The molecule has 0 aliphatic heterocycles. The molecule has 4 N–H and O–H groups in total. The van der Waals surface area contributed by atoms with Crippen LogP contribution in [-0.2, 0) is 20.7 Å². The highest BCUT2D eigenvalue weighted by Gasteiger charge is 2.34. The van der Waals surface area contributed by atoms with E-state index in [-0.39, 0.29) is 24.7 Å². The number of phenolic OH excluding ortho intramolecular Hbond substituents is 1. The number of carbonyl (C=O) groups is 3. The van der Waals surface area contributed by atoms with Crippen LogP contribution in [0.15, 0.2) is 72.8 Å². The van der Waals surface area contributed by atoms with E-state index in [4.69, 9.17) is 4.74 Å². The molecule has 0 fully saturated rings. The maximum Gasteiger partial charge on any atom is 0.408 e. The van der Waals surface area contributed by atoms with Gasteiger partial charge in [0.2, 0.25) is 5.91 Å². The number of nitrogens with one attached hydrogen (secondary N) is 2. The lowest BCUT2D eigenvalue weighted by Crippen LogP contribution is -2.58. The molecule has 0 unspecified atom stereocenters. The van der Waals surface area contributed by atoms with Crippen molar-refractivity contribution >= 4 is 18.0 Å². The summed E-state index contributed by atoms with van der Waals surface area (Å²) in [6, 6.07) is 20.8. The minimum absolute atomic E-state index is 0.0162. The fourth-order valence-corrected chi connectivity index (χ4v) is 4.35. The molecule has 4 rings (SSSR count). The molecule has 8 heteroatoms. The third-order valence-electron chi connectivity index (χ3n) is 6.31. The van der Waals surface area contributed by atoms with Gasteiger partial charge in [0, 0.05) is 12.3 Å². The van der Waals surface area contributed by atoms with E-state index in [0.29, 0.717) is 5.56 Å². The van der Waals surface area contributed by atoms with Gasteiger partial charge in [-0.25, -0.2) is 9.59 Å². The summed E-state index contributed by atoms with van der Waals surface area (Å²) in [5.41, 5.74) is 3.56. The number of carboxylic acid groups (broad SMARTS) is 1. The number of carboxylic acids is 1. The standard InChI is InChI=1S/C28H28N2O6/c1-28(2,26(34)29-24(25(32)33)15-17-11-13-18(31)14-12-17)30-27(35)36-16-23-21-9-5-3-7-19(21)20-8-4-6-10-22(20)23/h3-14,23-24,31H,15-16H2,1-2H3,(H,29,34)(H,30,35)(H,32,33)/t24-/m0/s1. The molecule has 1 aliphatic carbocycles. The second-order valence-electron chi connectivity index (χ2n) is 9.31. The van der Waals surface area contributed by atoms with E-state index in [9.17, 15) is 24.6 Å². The van der Waals surface area contributed by atoms with Crippen molar-refractivity contribution < 1.29 is 29.3 Å². The van der Waals surface area contributed by atoms with Crippen LogP contribution in [-0.4, -0.2) is 46.4 Å². The Balaban J connectivity index is 1.37. The number of alkyl carbamates (subject to hydrolysis) is 1. The minimum atomic E-state index is -1.43. The first-order chi connectivity index (χ1) is 17.2. The quantitative estimate of drug-likeness (QED) is 0.382. The number of hydrogen-bond donors (Lipinski definition) is 4. The highest BCUT2D eigenvalue weighted by molar-refractivity contribution is 5.92. The van der Waals surface area contributed by atoms with Crippen LogP contribution in [0.4, 0.5) is 4.79 Å². The molecule has 0 aromatic heterocycles. The van der Waals surface area contributed by atoms with Crippen LogP contribution >= 0.6 is 0 Å². The summed E-state index contributed by atoms with van der Waals surface area (Å²) in [5.74, 6) is -1.94. The molecule has 0 heterocycles. The van der Waals surface area contributed by atoms with Gasteiger partial charge >= 0.3 is 12.1 Å². The van der Waals surface area contributed by atoms with Crippen LogP contribution < -0.4 is 10.6 Å². The average molecular weight is 489 g/mol. The van der Waals surface area contributed by atoms with E-state index < -0.39 is 29.6 Å². The van der Waals surface area contributed by atoms with E-state index in [1.54, 1.807) is 12.1 Å². The summed E-state index contributed by atoms with van der Waals surface area (Å²) in [6.45, 7) is 3.04. The maximum atomic E-state index is 12.9. The average Bonchev–Trinajstić information content (AvgIpc) is 3.17. The lowest BCUT2D eigenvalue weighted by atomic mass is 9.98.